The first-order valence-corrected chi connectivity index (χ1v) is 12.0. The van der Waals surface area contributed by atoms with Gasteiger partial charge in [-0.15, -0.1) is 10.2 Å². The van der Waals surface area contributed by atoms with Crippen molar-refractivity contribution in [1.29, 1.82) is 0 Å². The lowest BCUT2D eigenvalue weighted by atomic mass is 10.2. The monoisotopic (exact) mass is 467 g/mol. The number of hydrogen-bond donors (Lipinski definition) is 1. The fourth-order valence-electron chi connectivity index (χ4n) is 3.72. The summed E-state index contributed by atoms with van der Waals surface area (Å²) >= 11 is 1.39. The highest BCUT2D eigenvalue weighted by Crippen LogP contribution is 2.32. The van der Waals surface area contributed by atoms with Gasteiger partial charge >= 0.3 is 0 Å². The average molecular weight is 468 g/mol. The van der Waals surface area contributed by atoms with E-state index >= 15 is 0 Å². The second-order valence-electron chi connectivity index (χ2n) is 7.65. The number of methoxy groups -OCH3 is 1. The number of nitrogens with one attached hydrogen (secondary N) is 1. The van der Waals surface area contributed by atoms with E-state index in [0.717, 1.165) is 54.8 Å². The van der Waals surface area contributed by atoms with Crippen molar-refractivity contribution in [2.45, 2.75) is 30.8 Å². The van der Waals surface area contributed by atoms with Crippen molar-refractivity contribution in [1.82, 2.24) is 14.8 Å². The Morgan fingerprint density at radius 2 is 1.88 bits per heavy atom. The maximum Gasteiger partial charge on any atom is 0.237 e. The van der Waals surface area contributed by atoms with Crippen molar-refractivity contribution in [2.75, 3.05) is 43.6 Å². The number of rotatable bonds is 8. The number of carbonyl (C=O) groups is 1. The molecule has 2 aromatic carbocycles. The van der Waals surface area contributed by atoms with Gasteiger partial charge in [0.05, 0.1) is 31.1 Å². The predicted octanol–water partition coefficient (Wildman–Crippen LogP) is 3.93. The van der Waals surface area contributed by atoms with Gasteiger partial charge in [-0.3, -0.25) is 4.79 Å². The van der Waals surface area contributed by atoms with Crippen LogP contribution in [0.2, 0.25) is 0 Å². The number of aromatic nitrogens is 3. The average Bonchev–Trinajstić information content (AvgIpc) is 3.27. The van der Waals surface area contributed by atoms with Crippen molar-refractivity contribution in [2.24, 2.45) is 0 Å². The van der Waals surface area contributed by atoms with Gasteiger partial charge in [-0.05, 0) is 50.2 Å². The fraction of sp³-hybridized carbons (Fsp3) is 0.375. The summed E-state index contributed by atoms with van der Waals surface area (Å²) in [5.74, 6) is 1.38. The van der Waals surface area contributed by atoms with Gasteiger partial charge in [-0.25, -0.2) is 0 Å². The Bertz CT molecular complexity index is 1080. The number of hydrogen-bond acceptors (Lipinski definition) is 7. The summed E-state index contributed by atoms with van der Waals surface area (Å²) in [7, 11) is 1.64. The Hall–Kier alpha value is -3.04. The van der Waals surface area contributed by atoms with E-state index in [4.69, 9.17) is 9.47 Å². The van der Waals surface area contributed by atoms with Gasteiger partial charge in [0.1, 0.15) is 5.75 Å². The van der Waals surface area contributed by atoms with E-state index in [9.17, 15) is 4.79 Å². The maximum absolute atomic E-state index is 12.8. The van der Waals surface area contributed by atoms with Gasteiger partial charge in [-0.2, -0.15) is 0 Å². The Labute approximate surface area is 198 Å². The van der Waals surface area contributed by atoms with Gasteiger partial charge in [0, 0.05) is 31.0 Å². The van der Waals surface area contributed by atoms with Gasteiger partial charge in [-0.1, -0.05) is 23.9 Å². The second-order valence-corrected chi connectivity index (χ2v) is 8.95. The molecule has 1 fully saturated rings. The number of morpholine rings is 1. The lowest BCUT2D eigenvalue weighted by Gasteiger charge is -2.28. The van der Waals surface area contributed by atoms with E-state index in [1.54, 1.807) is 7.11 Å². The summed E-state index contributed by atoms with van der Waals surface area (Å²) in [4.78, 5) is 15.1. The Kier molecular flexibility index (Phi) is 7.51. The number of nitrogens with zero attached hydrogens (tertiary/aromatic N) is 4. The van der Waals surface area contributed by atoms with Crippen LogP contribution in [0.5, 0.6) is 5.75 Å². The molecule has 0 unspecified atom stereocenters. The third kappa shape index (κ3) is 5.31. The van der Waals surface area contributed by atoms with Crippen molar-refractivity contribution in [3.05, 3.63) is 48.5 Å². The topological polar surface area (TPSA) is 81.5 Å². The number of para-hydroxylation sites is 1. The zero-order valence-corrected chi connectivity index (χ0v) is 20.0. The summed E-state index contributed by atoms with van der Waals surface area (Å²) in [5.41, 5.74) is 2.79. The molecule has 0 aliphatic carbocycles. The number of carbonyl (C=O) groups excluding carboxylic acids is 1. The first kappa shape index (κ1) is 23.1. The summed E-state index contributed by atoms with van der Waals surface area (Å²) in [6, 6.07) is 15.7. The SMILES string of the molecule is CCn1c(S[C@H](C)C(=O)Nc2ccc(N3CCOCC3)cc2)nnc1-c1ccccc1OC. The molecule has 33 heavy (non-hydrogen) atoms. The molecule has 1 aliphatic rings. The fourth-order valence-corrected chi connectivity index (χ4v) is 4.64. The maximum atomic E-state index is 12.8. The van der Waals surface area contributed by atoms with E-state index in [0.29, 0.717) is 11.7 Å². The van der Waals surface area contributed by atoms with Crippen molar-refractivity contribution in [3.8, 4) is 17.1 Å². The van der Waals surface area contributed by atoms with Crippen LogP contribution in [0.25, 0.3) is 11.4 Å². The summed E-state index contributed by atoms with van der Waals surface area (Å²) < 4.78 is 12.9. The molecule has 1 N–H and O–H groups in total. The molecule has 174 valence electrons. The smallest absolute Gasteiger partial charge is 0.237 e. The molecule has 1 aromatic heterocycles. The molecule has 0 saturated carbocycles. The summed E-state index contributed by atoms with van der Waals surface area (Å²) in [6.07, 6.45) is 0. The Balaban J connectivity index is 1.42. The Morgan fingerprint density at radius 3 is 2.58 bits per heavy atom. The van der Waals surface area contributed by atoms with Crippen LogP contribution in [0, 0.1) is 0 Å². The minimum atomic E-state index is -0.344. The molecule has 9 heteroatoms. The molecule has 1 atom stereocenters. The van der Waals surface area contributed by atoms with Crippen LogP contribution >= 0.6 is 11.8 Å². The molecule has 3 aromatic rings. The molecule has 1 amide bonds. The summed E-state index contributed by atoms with van der Waals surface area (Å²) in [5, 5.41) is 12.1. The lowest BCUT2D eigenvalue weighted by Crippen LogP contribution is -2.36. The molecular weight excluding hydrogens is 438 g/mol. The first-order chi connectivity index (χ1) is 16.1. The number of thioether (sulfide) groups is 1. The molecule has 1 aliphatic heterocycles. The number of benzene rings is 2. The van der Waals surface area contributed by atoms with Crippen LogP contribution in [-0.2, 0) is 16.1 Å². The quantitative estimate of drug-likeness (QED) is 0.503. The van der Waals surface area contributed by atoms with Gasteiger partial charge in [0.15, 0.2) is 11.0 Å². The van der Waals surface area contributed by atoms with Gasteiger partial charge in [0.2, 0.25) is 5.91 Å². The largest absolute Gasteiger partial charge is 0.496 e. The highest BCUT2D eigenvalue weighted by molar-refractivity contribution is 8.00. The lowest BCUT2D eigenvalue weighted by molar-refractivity contribution is -0.115. The van der Waals surface area contributed by atoms with Crippen LogP contribution < -0.4 is 15.0 Å². The van der Waals surface area contributed by atoms with Crippen LogP contribution in [0.4, 0.5) is 11.4 Å². The Morgan fingerprint density at radius 1 is 1.15 bits per heavy atom. The molecule has 0 bridgehead atoms. The standard InChI is InChI=1S/C24H29N5O3S/c1-4-29-22(20-7-5-6-8-21(20)31-3)26-27-24(29)33-17(2)23(30)25-18-9-11-19(12-10-18)28-13-15-32-16-14-28/h5-12,17H,4,13-16H2,1-3H3,(H,25,30)/t17-/m1/s1. The van der Waals surface area contributed by atoms with Crippen LogP contribution in [0.1, 0.15) is 13.8 Å². The minimum Gasteiger partial charge on any atom is -0.496 e. The van der Waals surface area contributed by atoms with Crippen LogP contribution in [0.15, 0.2) is 53.7 Å². The number of anilines is 2. The molecule has 0 radical (unpaired) electrons. The van der Waals surface area contributed by atoms with E-state index in [1.807, 2.05) is 66.9 Å². The molecule has 0 spiro atoms. The first-order valence-electron chi connectivity index (χ1n) is 11.1. The van der Waals surface area contributed by atoms with Gasteiger partial charge < -0.3 is 24.3 Å². The summed E-state index contributed by atoms with van der Waals surface area (Å²) in [6.45, 7) is 7.85. The van der Waals surface area contributed by atoms with Gasteiger partial charge in [0.25, 0.3) is 0 Å². The van der Waals surface area contributed by atoms with E-state index in [-0.39, 0.29) is 11.2 Å². The van der Waals surface area contributed by atoms with Crippen molar-refractivity contribution in [3.63, 3.8) is 0 Å². The van der Waals surface area contributed by atoms with E-state index in [2.05, 4.69) is 20.4 Å². The highest BCUT2D eigenvalue weighted by atomic mass is 32.2. The predicted molar refractivity (Wildman–Crippen MR) is 131 cm³/mol. The second kappa shape index (κ2) is 10.7. The van der Waals surface area contributed by atoms with E-state index < -0.39 is 0 Å². The molecule has 1 saturated heterocycles. The molecule has 2 heterocycles. The minimum absolute atomic E-state index is 0.0800. The zero-order chi connectivity index (χ0) is 23.2. The van der Waals surface area contributed by atoms with Crippen LogP contribution in [0.3, 0.4) is 0 Å². The van der Waals surface area contributed by atoms with Crippen molar-refractivity contribution < 1.29 is 14.3 Å². The third-order valence-electron chi connectivity index (χ3n) is 5.54. The number of ether oxygens (including phenoxy) is 2. The molecule has 8 nitrogen and oxygen atoms in total. The third-order valence-corrected chi connectivity index (χ3v) is 6.62. The number of amides is 1. The van der Waals surface area contributed by atoms with Crippen molar-refractivity contribution >= 4 is 29.0 Å². The molecular formula is C24H29N5O3S. The van der Waals surface area contributed by atoms with Crippen LogP contribution in [-0.4, -0.2) is 59.3 Å². The molecule has 4 rings (SSSR count). The highest BCUT2D eigenvalue weighted by Gasteiger charge is 2.22. The zero-order valence-electron chi connectivity index (χ0n) is 19.2. The normalized spacial score (nSPS) is 14.7. The van der Waals surface area contributed by atoms with E-state index in [1.165, 1.54) is 11.8 Å².